The third kappa shape index (κ3) is 2.81. The van der Waals surface area contributed by atoms with Gasteiger partial charge in [-0.2, -0.15) is 0 Å². The Labute approximate surface area is 124 Å². The fourth-order valence-electron chi connectivity index (χ4n) is 2.49. The lowest BCUT2D eigenvalue weighted by Crippen LogP contribution is -2.41. The molecule has 2 atom stereocenters. The summed E-state index contributed by atoms with van der Waals surface area (Å²) in [6.07, 6.45) is 0.192. The van der Waals surface area contributed by atoms with Gasteiger partial charge in [0.1, 0.15) is 11.9 Å². The molecule has 1 N–H and O–H groups in total. The van der Waals surface area contributed by atoms with E-state index in [2.05, 4.69) is 47.8 Å². The van der Waals surface area contributed by atoms with Gasteiger partial charge in [-0.15, -0.1) is 11.3 Å². The molecule has 0 spiro atoms. The summed E-state index contributed by atoms with van der Waals surface area (Å²) in [4.78, 5) is 3.75. The molecule has 1 aromatic carbocycles. The number of hydrogen-bond donors (Lipinski definition) is 1. The van der Waals surface area contributed by atoms with Crippen LogP contribution in [-0.4, -0.2) is 31.1 Å². The van der Waals surface area contributed by atoms with Crippen molar-refractivity contribution in [2.24, 2.45) is 0 Å². The van der Waals surface area contributed by atoms with Crippen LogP contribution in [0.25, 0.3) is 0 Å². The van der Waals surface area contributed by atoms with Crippen molar-refractivity contribution in [3.05, 3.63) is 46.7 Å². The van der Waals surface area contributed by atoms with Crippen LogP contribution in [0.3, 0.4) is 0 Å². The predicted octanol–water partition coefficient (Wildman–Crippen LogP) is 3.61. The van der Waals surface area contributed by atoms with Gasteiger partial charge in [-0.05, 0) is 37.6 Å². The van der Waals surface area contributed by atoms with E-state index < -0.39 is 0 Å². The first-order valence-electron chi connectivity index (χ1n) is 6.97. The summed E-state index contributed by atoms with van der Waals surface area (Å²) in [7, 11) is 2.16. The Kier molecular flexibility index (Phi) is 3.94. The second kappa shape index (κ2) is 5.85. The van der Waals surface area contributed by atoms with Crippen LogP contribution in [-0.2, 0) is 0 Å². The van der Waals surface area contributed by atoms with Crippen molar-refractivity contribution in [1.29, 1.82) is 0 Å². The number of thiophene rings is 1. The standard InChI is InChI=1S/C16H20N2OS/c1-12(16-8-5-9-20-16)18(2)11-13-10-17-14-6-3-4-7-15(14)19-13/h3-9,12-13,17H,10-11H2,1-2H3. The Morgan fingerprint density at radius 3 is 3.00 bits per heavy atom. The van der Waals surface area contributed by atoms with Crippen molar-refractivity contribution >= 4 is 17.0 Å². The molecule has 0 saturated heterocycles. The van der Waals surface area contributed by atoms with E-state index in [0.717, 1.165) is 24.5 Å². The highest BCUT2D eigenvalue weighted by Crippen LogP contribution is 2.29. The number of nitrogens with zero attached hydrogens (tertiary/aromatic N) is 1. The van der Waals surface area contributed by atoms with E-state index in [0.29, 0.717) is 6.04 Å². The Morgan fingerprint density at radius 1 is 1.35 bits per heavy atom. The van der Waals surface area contributed by atoms with Gasteiger partial charge in [0.15, 0.2) is 0 Å². The zero-order valence-electron chi connectivity index (χ0n) is 11.9. The number of anilines is 1. The Hall–Kier alpha value is -1.52. The van der Waals surface area contributed by atoms with Gasteiger partial charge >= 0.3 is 0 Å². The molecule has 0 bridgehead atoms. The SMILES string of the molecule is CC(c1cccs1)N(C)CC1CNc2ccccc2O1. The van der Waals surface area contributed by atoms with Gasteiger partial charge in [-0.3, -0.25) is 4.90 Å². The van der Waals surface area contributed by atoms with Crippen molar-refractivity contribution in [3.8, 4) is 5.75 Å². The summed E-state index contributed by atoms with van der Waals surface area (Å²) in [6.45, 7) is 4.02. The second-order valence-corrected chi connectivity index (χ2v) is 6.23. The maximum atomic E-state index is 6.07. The summed E-state index contributed by atoms with van der Waals surface area (Å²) < 4.78 is 6.07. The van der Waals surface area contributed by atoms with Crippen LogP contribution in [0.2, 0.25) is 0 Å². The summed E-state index contributed by atoms with van der Waals surface area (Å²) in [5.74, 6) is 0.959. The van der Waals surface area contributed by atoms with Gasteiger partial charge in [-0.1, -0.05) is 18.2 Å². The van der Waals surface area contributed by atoms with Gasteiger partial charge in [0.2, 0.25) is 0 Å². The van der Waals surface area contributed by atoms with Crippen LogP contribution in [0.15, 0.2) is 41.8 Å². The minimum atomic E-state index is 0.192. The minimum Gasteiger partial charge on any atom is -0.485 e. The molecule has 1 aliphatic heterocycles. The first kappa shape index (κ1) is 13.5. The van der Waals surface area contributed by atoms with E-state index in [4.69, 9.17) is 4.74 Å². The average molecular weight is 288 g/mol. The summed E-state index contributed by atoms with van der Waals surface area (Å²) >= 11 is 1.81. The summed E-state index contributed by atoms with van der Waals surface area (Å²) in [5, 5.41) is 5.58. The highest BCUT2D eigenvalue weighted by atomic mass is 32.1. The number of rotatable bonds is 4. The lowest BCUT2D eigenvalue weighted by molar-refractivity contribution is 0.131. The molecule has 0 amide bonds. The zero-order chi connectivity index (χ0) is 13.9. The maximum Gasteiger partial charge on any atom is 0.142 e. The molecule has 1 aliphatic rings. The van der Waals surface area contributed by atoms with Crippen LogP contribution < -0.4 is 10.1 Å². The summed E-state index contributed by atoms with van der Waals surface area (Å²) in [6, 6.07) is 12.9. The third-order valence-electron chi connectivity index (χ3n) is 3.81. The van der Waals surface area contributed by atoms with E-state index in [1.165, 1.54) is 4.88 Å². The maximum absolute atomic E-state index is 6.07. The molecular formula is C16H20N2OS. The fraction of sp³-hybridized carbons (Fsp3) is 0.375. The number of benzene rings is 1. The molecule has 2 heterocycles. The Morgan fingerprint density at radius 2 is 2.20 bits per heavy atom. The zero-order valence-corrected chi connectivity index (χ0v) is 12.7. The van der Waals surface area contributed by atoms with E-state index >= 15 is 0 Å². The van der Waals surface area contributed by atoms with E-state index in [1.54, 1.807) is 0 Å². The molecule has 0 aliphatic carbocycles. The molecule has 3 rings (SSSR count). The van der Waals surface area contributed by atoms with Crippen LogP contribution >= 0.6 is 11.3 Å². The van der Waals surface area contributed by atoms with Crippen molar-refractivity contribution < 1.29 is 4.74 Å². The second-order valence-electron chi connectivity index (χ2n) is 5.25. The molecule has 2 unspecified atom stereocenters. The van der Waals surface area contributed by atoms with Gasteiger partial charge < -0.3 is 10.1 Å². The molecule has 0 fully saturated rings. The fourth-order valence-corrected chi connectivity index (χ4v) is 3.34. The third-order valence-corrected chi connectivity index (χ3v) is 4.85. The number of hydrogen-bond acceptors (Lipinski definition) is 4. The molecule has 4 heteroatoms. The van der Waals surface area contributed by atoms with Crippen molar-refractivity contribution in [1.82, 2.24) is 4.90 Å². The van der Waals surface area contributed by atoms with Gasteiger partial charge in [-0.25, -0.2) is 0 Å². The van der Waals surface area contributed by atoms with Gasteiger partial charge in [0, 0.05) is 17.5 Å². The number of fused-ring (bicyclic) bond motifs is 1. The van der Waals surface area contributed by atoms with Crippen molar-refractivity contribution in [2.75, 3.05) is 25.5 Å². The van der Waals surface area contributed by atoms with E-state index in [-0.39, 0.29) is 6.10 Å². The van der Waals surface area contributed by atoms with Gasteiger partial charge in [0.25, 0.3) is 0 Å². The van der Waals surface area contributed by atoms with Crippen molar-refractivity contribution in [3.63, 3.8) is 0 Å². The average Bonchev–Trinajstić information content (AvgIpc) is 3.00. The van der Waals surface area contributed by atoms with Gasteiger partial charge in [0.05, 0.1) is 12.2 Å². The van der Waals surface area contributed by atoms with E-state index in [9.17, 15) is 0 Å². The predicted molar refractivity (Wildman–Crippen MR) is 84.7 cm³/mol. The van der Waals surface area contributed by atoms with Crippen LogP contribution in [0.1, 0.15) is 17.8 Å². The number of para-hydroxylation sites is 2. The molecule has 3 nitrogen and oxygen atoms in total. The van der Waals surface area contributed by atoms with Crippen LogP contribution in [0.5, 0.6) is 5.75 Å². The highest BCUT2D eigenvalue weighted by molar-refractivity contribution is 7.10. The minimum absolute atomic E-state index is 0.192. The highest BCUT2D eigenvalue weighted by Gasteiger charge is 2.22. The molecule has 20 heavy (non-hydrogen) atoms. The van der Waals surface area contributed by atoms with Crippen LogP contribution in [0.4, 0.5) is 5.69 Å². The Balaban J connectivity index is 1.62. The molecule has 0 saturated carbocycles. The van der Waals surface area contributed by atoms with Crippen LogP contribution in [0, 0.1) is 0 Å². The van der Waals surface area contributed by atoms with Crippen molar-refractivity contribution in [2.45, 2.75) is 19.1 Å². The molecular weight excluding hydrogens is 268 g/mol. The number of ether oxygens (including phenoxy) is 1. The molecule has 0 radical (unpaired) electrons. The molecule has 106 valence electrons. The first-order chi connectivity index (χ1) is 9.74. The Bertz CT molecular complexity index is 555. The lowest BCUT2D eigenvalue weighted by atomic mass is 10.2. The number of nitrogens with one attached hydrogen (secondary N) is 1. The molecule has 2 aromatic rings. The normalized spacial score (nSPS) is 19.1. The lowest BCUT2D eigenvalue weighted by Gasteiger charge is -2.32. The molecule has 1 aromatic heterocycles. The largest absolute Gasteiger partial charge is 0.485 e. The monoisotopic (exact) mass is 288 g/mol. The topological polar surface area (TPSA) is 24.5 Å². The first-order valence-corrected chi connectivity index (χ1v) is 7.85. The quantitative estimate of drug-likeness (QED) is 0.930. The smallest absolute Gasteiger partial charge is 0.142 e. The summed E-state index contributed by atoms with van der Waals surface area (Å²) in [5.41, 5.74) is 1.10. The van der Waals surface area contributed by atoms with E-state index in [1.807, 2.05) is 29.5 Å². The number of likely N-dealkylation sites (N-methyl/N-ethyl adjacent to an activating group) is 1.